The molecule has 3 aromatic rings. The summed E-state index contributed by atoms with van der Waals surface area (Å²) in [5, 5.41) is 4.50. The number of hydrogen-bond acceptors (Lipinski definition) is 3. The van der Waals surface area contributed by atoms with E-state index in [9.17, 15) is 9.18 Å². The number of piperidine rings is 1. The number of aryl methyl sites for hydroxylation is 2. The van der Waals surface area contributed by atoms with Crippen LogP contribution in [0.3, 0.4) is 0 Å². The highest BCUT2D eigenvalue weighted by atomic mass is 19.1. The Kier molecular flexibility index (Phi) is 5.90. The number of carbonyl (C=O) groups is 1. The summed E-state index contributed by atoms with van der Waals surface area (Å²) in [4.78, 5) is 19.5. The second-order valence-electron chi connectivity index (χ2n) is 8.54. The van der Waals surface area contributed by atoms with Crippen molar-refractivity contribution < 1.29 is 9.18 Å². The van der Waals surface area contributed by atoms with E-state index in [0.717, 1.165) is 65.4 Å². The molecule has 1 amide bonds. The lowest BCUT2D eigenvalue weighted by Gasteiger charge is -2.32. The third-order valence-electron chi connectivity index (χ3n) is 6.45. The van der Waals surface area contributed by atoms with Crippen LogP contribution in [0, 0.1) is 33.5 Å². The van der Waals surface area contributed by atoms with E-state index < -0.39 is 0 Å². The molecular weight excluding hydrogens is 391 g/mol. The Bertz CT molecular complexity index is 1100. The van der Waals surface area contributed by atoms with Crippen LogP contribution in [-0.4, -0.2) is 38.7 Å². The predicted molar refractivity (Wildman–Crippen MR) is 119 cm³/mol. The number of amides is 1. The molecular formula is C25H29FN4O. The van der Waals surface area contributed by atoms with Crippen molar-refractivity contribution >= 4 is 5.91 Å². The summed E-state index contributed by atoms with van der Waals surface area (Å²) in [5.74, 6) is 0.203. The molecule has 1 aliphatic heterocycles. The van der Waals surface area contributed by atoms with Crippen LogP contribution in [0.4, 0.5) is 4.39 Å². The Morgan fingerprint density at radius 3 is 2.32 bits per heavy atom. The number of nitrogens with zero attached hydrogens (tertiary/aromatic N) is 4. The summed E-state index contributed by atoms with van der Waals surface area (Å²) >= 11 is 0. The first kappa shape index (κ1) is 21.2. The molecule has 31 heavy (non-hydrogen) atoms. The maximum atomic E-state index is 13.3. The van der Waals surface area contributed by atoms with Gasteiger partial charge in [-0.25, -0.2) is 4.39 Å². The van der Waals surface area contributed by atoms with Crippen molar-refractivity contribution in [2.24, 2.45) is 0 Å². The highest BCUT2D eigenvalue weighted by Crippen LogP contribution is 2.30. The normalized spacial score (nSPS) is 14.8. The number of likely N-dealkylation sites (tertiary alicyclic amines) is 1. The molecule has 0 radical (unpaired) electrons. The van der Waals surface area contributed by atoms with Crippen molar-refractivity contribution in [1.82, 2.24) is 19.7 Å². The van der Waals surface area contributed by atoms with E-state index in [-0.39, 0.29) is 11.7 Å². The van der Waals surface area contributed by atoms with E-state index in [4.69, 9.17) is 4.98 Å². The number of pyridine rings is 1. The average molecular weight is 421 g/mol. The highest BCUT2D eigenvalue weighted by molar-refractivity contribution is 5.76. The third kappa shape index (κ3) is 4.53. The van der Waals surface area contributed by atoms with Gasteiger partial charge < -0.3 is 4.90 Å². The van der Waals surface area contributed by atoms with Crippen LogP contribution in [0.25, 0.3) is 11.1 Å². The summed E-state index contributed by atoms with van der Waals surface area (Å²) in [6.07, 6.45) is 1.78. The summed E-state index contributed by atoms with van der Waals surface area (Å²) in [6, 6.07) is 10.7. The lowest BCUT2D eigenvalue weighted by atomic mass is 9.91. The molecule has 3 heterocycles. The number of carbonyl (C=O) groups excluding carboxylic acids is 1. The second-order valence-corrected chi connectivity index (χ2v) is 8.54. The number of halogens is 1. The van der Waals surface area contributed by atoms with E-state index in [2.05, 4.69) is 11.2 Å². The molecule has 1 saturated heterocycles. The van der Waals surface area contributed by atoms with Crippen LogP contribution in [0.5, 0.6) is 0 Å². The summed E-state index contributed by atoms with van der Waals surface area (Å²) in [5.41, 5.74) is 7.23. The van der Waals surface area contributed by atoms with Crippen molar-refractivity contribution in [2.75, 3.05) is 13.1 Å². The van der Waals surface area contributed by atoms with Crippen LogP contribution in [0.2, 0.25) is 0 Å². The van der Waals surface area contributed by atoms with Gasteiger partial charge in [-0.3, -0.25) is 14.5 Å². The van der Waals surface area contributed by atoms with Crippen LogP contribution in [0.1, 0.15) is 47.1 Å². The molecule has 1 fully saturated rings. The largest absolute Gasteiger partial charge is 0.341 e. The summed E-state index contributed by atoms with van der Waals surface area (Å²) in [7, 11) is 0. The maximum Gasteiger partial charge on any atom is 0.244 e. The molecule has 1 aromatic carbocycles. The van der Waals surface area contributed by atoms with Gasteiger partial charge in [0.2, 0.25) is 5.91 Å². The van der Waals surface area contributed by atoms with E-state index in [0.29, 0.717) is 12.5 Å². The van der Waals surface area contributed by atoms with Crippen LogP contribution >= 0.6 is 0 Å². The molecule has 0 saturated carbocycles. The van der Waals surface area contributed by atoms with Crippen LogP contribution < -0.4 is 0 Å². The standard InChI is InChI=1S/C25H29FN4O/c1-16-13-22(20-5-7-23(26)8-6-20)14-24(27-16)21-9-11-29(12-10-21)25(31)15-30-19(4)17(2)18(3)28-30/h5-8,13-14,21H,9-12,15H2,1-4H3. The minimum atomic E-state index is -0.234. The SMILES string of the molecule is Cc1cc(-c2ccc(F)cc2)cc(C2CCN(C(=O)Cn3nc(C)c(C)c3C)CC2)n1. The Balaban J connectivity index is 1.43. The lowest BCUT2D eigenvalue weighted by Crippen LogP contribution is -2.40. The van der Waals surface area contributed by atoms with Gasteiger partial charge in [0.1, 0.15) is 12.4 Å². The zero-order valence-electron chi connectivity index (χ0n) is 18.7. The zero-order chi connectivity index (χ0) is 22.1. The topological polar surface area (TPSA) is 51.0 Å². The van der Waals surface area contributed by atoms with Crippen LogP contribution in [-0.2, 0) is 11.3 Å². The third-order valence-corrected chi connectivity index (χ3v) is 6.45. The first-order valence-electron chi connectivity index (χ1n) is 10.8. The van der Waals surface area contributed by atoms with E-state index in [1.54, 1.807) is 12.1 Å². The van der Waals surface area contributed by atoms with Crippen molar-refractivity contribution in [2.45, 2.75) is 53.0 Å². The van der Waals surface area contributed by atoms with E-state index >= 15 is 0 Å². The number of rotatable bonds is 4. The predicted octanol–water partition coefficient (Wildman–Crippen LogP) is 4.72. The van der Waals surface area contributed by atoms with Crippen molar-refractivity contribution in [3.05, 3.63) is 70.6 Å². The monoisotopic (exact) mass is 420 g/mol. The summed E-state index contributed by atoms with van der Waals surface area (Å²) < 4.78 is 15.1. The van der Waals surface area contributed by atoms with Crippen LogP contribution in [0.15, 0.2) is 36.4 Å². The van der Waals surface area contributed by atoms with Gasteiger partial charge >= 0.3 is 0 Å². The van der Waals surface area contributed by atoms with Gasteiger partial charge in [0, 0.05) is 36.1 Å². The molecule has 0 bridgehead atoms. The van der Waals surface area contributed by atoms with Crippen molar-refractivity contribution in [3.8, 4) is 11.1 Å². The Labute approximate surface area is 182 Å². The van der Waals surface area contributed by atoms with Crippen molar-refractivity contribution in [1.29, 1.82) is 0 Å². The van der Waals surface area contributed by atoms with Gasteiger partial charge in [-0.15, -0.1) is 0 Å². The smallest absolute Gasteiger partial charge is 0.244 e. The lowest BCUT2D eigenvalue weighted by molar-refractivity contribution is -0.133. The second kappa shape index (κ2) is 8.61. The minimum absolute atomic E-state index is 0.119. The number of aromatic nitrogens is 3. The summed E-state index contributed by atoms with van der Waals surface area (Å²) in [6.45, 7) is 9.76. The molecule has 5 nitrogen and oxygen atoms in total. The van der Waals surface area contributed by atoms with Gasteiger partial charge in [-0.05, 0) is 81.5 Å². The van der Waals surface area contributed by atoms with Gasteiger partial charge in [0.05, 0.1) is 5.69 Å². The van der Waals surface area contributed by atoms with E-state index in [1.165, 1.54) is 12.1 Å². The maximum absolute atomic E-state index is 13.3. The van der Waals surface area contributed by atoms with Gasteiger partial charge in [0.15, 0.2) is 0 Å². The quantitative estimate of drug-likeness (QED) is 0.613. The molecule has 0 atom stereocenters. The fraction of sp³-hybridized carbons (Fsp3) is 0.400. The van der Waals surface area contributed by atoms with Gasteiger partial charge in [0.25, 0.3) is 0 Å². The molecule has 0 aliphatic carbocycles. The average Bonchev–Trinajstić information content (AvgIpc) is 3.00. The number of benzene rings is 1. The van der Waals surface area contributed by atoms with Gasteiger partial charge in [-0.1, -0.05) is 12.1 Å². The molecule has 0 unspecified atom stereocenters. The minimum Gasteiger partial charge on any atom is -0.341 e. The molecule has 6 heteroatoms. The molecule has 4 rings (SSSR count). The zero-order valence-corrected chi connectivity index (χ0v) is 18.7. The molecule has 2 aromatic heterocycles. The number of hydrogen-bond donors (Lipinski definition) is 0. The Morgan fingerprint density at radius 1 is 1.03 bits per heavy atom. The fourth-order valence-electron chi connectivity index (χ4n) is 4.31. The molecule has 162 valence electrons. The van der Waals surface area contributed by atoms with Gasteiger partial charge in [-0.2, -0.15) is 5.10 Å². The highest BCUT2D eigenvalue weighted by Gasteiger charge is 2.26. The Hall–Kier alpha value is -3.02. The van der Waals surface area contributed by atoms with E-state index in [1.807, 2.05) is 43.3 Å². The van der Waals surface area contributed by atoms with Crippen molar-refractivity contribution in [3.63, 3.8) is 0 Å². The first-order valence-corrected chi connectivity index (χ1v) is 10.8. The molecule has 1 aliphatic rings. The molecule has 0 spiro atoms. The first-order chi connectivity index (χ1) is 14.8. The molecule has 0 N–H and O–H groups in total. The Morgan fingerprint density at radius 2 is 1.71 bits per heavy atom. The fourth-order valence-corrected chi connectivity index (χ4v) is 4.31.